The summed E-state index contributed by atoms with van der Waals surface area (Å²) in [6, 6.07) is 0. The topological polar surface area (TPSA) is 58.1 Å². The smallest absolute Gasteiger partial charge is 0.191 e. The number of methoxy groups -OCH3 is 1. The molecule has 1 atom stereocenters. The van der Waals surface area contributed by atoms with Crippen LogP contribution in [0.1, 0.15) is 45.4 Å². The van der Waals surface area contributed by atoms with Crippen molar-refractivity contribution in [2.24, 2.45) is 10.4 Å². The summed E-state index contributed by atoms with van der Waals surface area (Å²) in [5, 5.41) is 6.98. The molecule has 7 heteroatoms. The van der Waals surface area contributed by atoms with Gasteiger partial charge in [-0.25, -0.2) is 0 Å². The van der Waals surface area contributed by atoms with E-state index in [9.17, 15) is 0 Å². The van der Waals surface area contributed by atoms with Gasteiger partial charge in [-0.15, -0.1) is 24.0 Å². The lowest BCUT2D eigenvalue weighted by atomic mass is 9.83. The van der Waals surface area contributed by atoms with E-state index in [1.807, 2.05) is 7.05 Å². The van der Waals surface area contributed by atoms with E-state index in [4.69, 9.17) is 9.47 Å². The Hall–Kier alpha value is -0.120. The second-order valence-electron chi connectivity index (χ2n) is 7.43. The van der Waals surface area contributed by atoms with Crippen molar-refractivity contribution in [1.29, 1.82) is 0 Å². The molecule has 0 saturated heterocycles. The van der Waals surface area contributed by atoms with Crippen LogP contribution in [-0.4, -0.2) is 78.1 Å². The molecule has 0 aliphatic heterocycles. The molecule has 0 aromatic heterocycles. The number of guanidine groups is 1. The van der Waals surface area contributed by atoms with Crippen LogP contribution in [-0.2, 0) is 9.47 Å². The third-order valence-corrected chi connectivity index (χ3v) is 5.15. The molecule has 0 radical (unpaired) electrons. The van der Waals surface area contributed by atoms with Gasteiger partial charge in [-0.1, -0.05) is 12.8 Å². The average Bonchev–Trinajstić information content (AvgIpc) is 3.07. The fraction of sp³-hybridized carbons (Fsp3) is 0.947. The minimum Gasteiger partial charge on any atom is -0.385 e. The Bertz CT molecular complexity index is 375. The fourth-order valence-corrected chi connectivity index (χ4v) is 3.54. The van der Waals surface area contributed by atoms with Gasteiger partial charge >= 0.3 is 0 Å². The van der Waals surface area contributed by atoms with Crippen LogP contribution in [0.4, 0.5) is 0 Å². The molecule has 1 fully saturated rings. The molecule has 1 aliphatic carbocycles. The van der Waals surface area contributed by atoms with Gasteiger partial charge in [0, 0.05) is 47.0 Å². The molecule has 1 aliphatic rings. The van der Waals surface area contributed by atoms with Crippen molar-refractivity contribution < 1.29 is 9.47 Å². The van der Waals surface area contributed by atoms with Crippen molar-refractivity contribution in [3.05, 3.63) is 0 Å². The van der Waals surface area contributed by atoms with Crippen LogP contribution < -0.4 is 10.6 Å². The highest BCUT2D eigenvalue weighted by atomic mass is 127. The van der Waals surface area contributed by atoms with Gasteiger partial charge in [-0.3, -0.25) is 4.99 Å². The lowest BCUT2D eigenvalue weighted by Gasteiger charge is -2.30. The molecule has 0 bridgehead atoms. The van der Waals surface area contributed by atoms with E-state index in [0.29, 0.717) is 5.41 Å². The molecule has 2 N–H and O–H groups in total. The minimum atomic E-state index is 0. The number of hydrogen-bond donors (Lipinski definition) is 2. The Labute approximate surface area is 177 Å². The molecule has 0 amide bonds. The van der Waals surface area contributed by atoms with Crippen LogP contribution in [0.5, 0.6) is 0 Å². The lowest BCUT2D eigenvalue weighted by Crippen LogP contribution is -2.46. The summed E-state index contributed by atoms with van der Waals surface area (Å²) in [5.74, 6) is 0.873. The highest BCUT2D eigenvalue weighted by Gasteiger charge is 2.33. The average molecular weight is 484 g/mol. The predicted molar refractivity (Wildman–Crippen MR) is 121 cm³/mol. The summed E-state index contributed by atoms with van der Waals surface area (Å²) in [4.78, 5) is 6.58. The first-order chi connectivity index (χ1) is 12.0. The van der Waals surface area contributed by atoms with Crippen molar-refractivity contribution in [3.8, 4) is 0 Å². The maximum Gasteiger partial charge on any atom is 0.191 e. The monoisotopic (exact) mass is 484 g/mol. The Morgan fingerprint density at radius 1 is 1.23 bits per heavy atom. The molecule has 1 unspecified atom stereocenters. The van der Waals surface area contributed by atoms with Crippen molar-refractivity contribution in [2.45, 2.75) is 51.6 Å². The molecule has 0 heterocycles. The quantitative estimate of drug-likeness (QED) is 0.254. The number of halogens is 1. The Morgan fingerprint density at radius 3 is 2.46 bits per heavy atom. The summed E-state index contributed by atoms with van der Waals surface area (Å²) in [6.45, 7) is 6.41. The van der Waals surface area contributed by atoms with E-state index in [1.165, 1.54) is 25.7 Å². The molecule has 0 aromatic carbocycles. The fourth-order valence-electron chi connectivity index (χ4n) is 3.54. The Kier molecular flexibility index (Phi) is 14.8. The van der Waals surface area contributed by atoms with Crippen LogP contribution in [0.3, 0.4) is 0 Å². The van der Waals surface area contributed by atoms with Crippen molar-refractivity contribution in [1.82, 2.24) is 15.5 Å². The number of rotatable bonds is 12. The summed E-state index contributed by atoms with van der Waals surface area (Å²) >= 11 is 0. The molecular weight excluding hydrogens is 443 g/mol. The highest BCUT2D eigenvalue weighted by Crippen LogP contribution is 2.40. The van der Waals surface area contributed by atoms with Gasteiger partial charge in [0.15, 0.2) is 5.96 Å². The molecule has 156 valence electrons. The summed E-state index contributed by atoms with van der Waals surface area (Å²) in [5.41, 5.74) is 0.359. The first-order valence-electron chi connectivity index (χ1n) is 9.75. The molecule has 6 nitrogen and oxygen atoms in total. The third-order valence-electron chi connectivity index (χ3n) is 5.15. The second kappa shape index (κ2) is 14.9. The van der Waals surface area contributed by atoms with Crippen LogP contribution >= 0.6 is 24.0 Å². The molecule has 0 aromatic rings. The van der Waals surface area contributed by atoms with Gasteiger partial charge in [0.05, 0.1) is 6.10 Å². The van der Waals surface area contributed by atoms with Crippen molar-refractivity contribution in [2.75, 3.05) is 61.1 Å². The van der Waals surface area contributed by atoms with Crippen molar-refractivity contribution >= 4 is 29.9 Å². The van der Waals surface area contributed by atoms with Gasteiger partial charge in [-0.05, 0) is 52.1 Å². The molecule has 1 saturated carbocycles. The van der Waals surface area contributed by atoms with Crippen LogP contribution in [0.25, 0.3) is 0 Å². The van der Waals surface area contributed by atoms with Crippen LogP contribution in [0, 0.1) is 5.41 Å². The van der Waals surface area contributed by atoms with Gasteiger partial charge < -0.3 is 25.0 Å². The lowest BCUT2D eigenvalue weighted by molar-refractivity contribution is 0.0547. The largest absolute Gasteiger partial charge is 0.385 e. The van der Waals surface area contributed by atoms with Gasteiger partial charge in [0.2, 0.25) is 0 Å². The molecular formula is C19H41IN4O2. The first-order valence-corrected chi connectivity index (χ1v) is 9.75. The Morgan fingerprint density at radius 2 is 1.92 bits per heavy atom. The van der Waals surface area contributed by atoms with E-state index in [0.717, 1.165) is 51.6 Å². The first kappa shape index (κ1) is 25.9. The van der Waals surface area contributed by atoms with E-state index < -0.39 is 0 Å². The maximum absolute atomic E-state index is 5.85. The molecule has 1 rings (SSSR count). The Balaban J connectivity index is 0.00000625. The summed E-state index contributed by atoms with van der Waals surface area (Å²) in [7, 11) is 7.81. The zero-order chi connectivity index (χ0) is 18.5. The summed E-state index contributed by atoms with van der Waals surface area (Å²) < 4.78 is 11.2. The molecule has 26 heavy (non-hydrogen) atoms. The van der Waals surface area contributed by atoms with E-state index in [-0.39, 0.29) is 30.1 Å². The highest BCUT2D eigenvalue weighted by molar-refractivity contribution is 14.0. The van der Waals surface area contributed by atoms with Gasteiger partial charge in [0.1, 0.15) is 0 Å². The number of nitrogens with one attached hydrogen (secondary N) is 2. The zero-order valence-electron chi connectivity index (χ0n) is 17.5. The minimum absolute atomic E-state index is 0. The molecule has 0 spiro atoms. The van der Waals surface area contributed by atoms with E-state index >= 15 is 0 Å². The van der Waals surface area contributed by atoms with E-state index in [1.54, 1.807) is 7.11 Å². The normalized spacial score (nSPS) is 17.8. The summed E-state index contributed by atoms with van der Waals surface area (Å²) in [6.07, 6.45) is 7.57. The SMILES string of the molecule is CCOC(CCN(C)C)CNC(=NC)NCC1(CCOC)CCCC1.I. The third kappa shape index (κ3) is 10.3. The second-order valence-corrected chi connectivity index (χ2v) is 7.43. The number of hydrogen-bond acceptors (Lipinski definition) is 4. The van der Waals surface area contributed by atoms with Crippen molar-refractivity contribution in [3.63, 3.8) is 0 Å². The van der Waals surface area contributed by atoms with Gasteiger partial charge in [-0.2, -0.15) is 0 Å². The number of ether oxygens (including phenoxy) is 2. The number of nitrogens with zero attached hydrogens (tertiary/aromatic N) is 2. The van der Waals surface area contributed by atoms with Gasteiger partial charge in [0.25, 0.3) is 0 Å². The zero-order valence-corrected chi connectivity index (χ0v) is 19.8. The standard InChI is InChI=1S/C19H40N4O2.HI/c1-6-25-17(9-13-23(3)4)15-21-18(20-2)22-16-19(12-14-24-5)10-7-8-11-19;/h17H,6-16H2,1-5H3,(H2,20,21,22);1H. The van der Waals surface area contributed by atoms with E-state index in [2.05, 4.69) is 41.5 Å². The predicted octanol–water partition coefficient (Wildman–Crippen LogP) is 2.72. The number of aliphatic imine (C=N–C) groups is 1. The van der Waals surface area contributed by atoms with Crippen LogP contribution in [0.15, 0.2) is 4.99 Å². The van der Waals surface area contributed by atoms with Crippen LogP contribution in [0.2, 0.25) is 0 Å². The maximum atomic E-state index is 5.85.